The number of aliphatic imine (C=N–C) groups is 1. The number of guanidine groups is 1. The normalized spacial score (nSPS) is 16.7. The zero-order valence-corrected chi connectivity index (χ0v) is 17.6. The molecule has 1 aliphatic rings. The summed E-state index contributed by atoms with van der Waals surface area (Å²) in [5.41, 5.74) is 0.973. The molecule has 0 aliphatic carbocycles. The predicted octanol–water partition coefficient (Wildman–Crippen LogP) is 1.56. The fourth-order valence-electron chi connectivity index (χ4n) is 3.10. The Morgan fingerprint density at radius 2 is 2.14 bits per heavy atom. The molecule has 2 N–H and O–H groups in total. The molecule has 2 aromatic rings. The largest absolute Gasteiger partial charge is 0.497 e. The van der Waals surface area contributed by atoms with Gasteiger partial charge in [0.25, 0.3) is 0 Å². The van der Waals surface area contributed by atoms with Crippen LogP contribution in [0.2, 0.25) is 0 Å². The number of methoxy groups -OCH3 is 2. The molecule has 1 aromatic heterocycles. The lowest BCUT2D eigenvalue weighted by Gasteiger charge is -2.16. The predicted molar refractivity (Wildman–Crippen MR) is 110 cm³/mol. The first-order valence-corrected chi connectivity index (χ1v) is 9.80. The first-order valence-electron chi connectivity index (χ1n) is 9.80. The third-order valence-corrected chi connectivity index (χ3v) is 5.02. The molecule has 158 valence electrons. The van der Waals surface area contributed by atoms with Crippen molar-refractivity contribution in [2.24, 2.45) is 12.0 Å². The Hall–Kier alpha value is -2.81. The Morgan fingerprint density at radius 1 is 1.28 bits per heavy atom. The molecule has 0 bridgehead atoms. The van der Waals surface area contributed by atoms with Gasteiger partial charge in [-0.25, -0.2) is 4.99 Å². The van der Waals surface area contributed by atoms with Crippen molar-refractivity contribution in [3.05, 3.63) is 35.4 Å². The van der Waals surface area contributed by atoms with Gasteiger partial charge < -0.3 is 29.4 Å². The van der Waals surface area contributed by atoms with E-state index in [1.165, 1.54) is 0 Å². The van der Waals surface area contributed by atoms with Gasteiger partial charge in [-0.1, -0.05) is 0 Å². The number of nitrogens with one attached hydrogen (secondary N) is 2. The molecule has 1 fully saturated rings. The highest BCUT2D eigenvalue weighted by atomic mass is 16.5. The summed E-state index contributed by atoms with van der Waals surface area (Å²) in [5.74, 6) is 3.91. The highest BCUT2D eigenvalue weighted by Crippen LogP contribution is 2.25. The van der Waals surface area contributed by atoms with Gasteiger partial charge >= 0.3 is 0 Å². The van der Waals surface area contributed by atoms with Crippen LogP contribution in [0.3, 0.4) is 0 Å². The van der Waals surface area contributed by atoms with Gasteiger partial charge in [0.2, 0.25) is 0 Å². The zero-order valence-electron chi connectivity index (χ0n) is 17.6. The van der Waals surface area contributed by atoms with E-state index in [-0.39, 0.29) is 6.10 Å². The van der Waals surface area contributed by atoms with E-state index >= 15 is 0 Å². The van der Waals surface area contributed by atoms with Crippen molar-refractivity contribution in [3.8, 4) is 11.5 Å². The monoisotopic (exact) mass is 402 g/mol. The molecule has 1 aromatic carbocycles. The lowest BCUT2D eigenvalue weighted by molar-refractivity contribution is 0.113. The van der Waals surface area contributed by atoms with Crippen LogP contribution in [-0.4, -0.2) is 54.2 Å². The summed E-state index contributed by atoms with van der Waals surface area (Å²) in [7, 11) is 5.23. The number of aromatic nitrogens is 3. The fraction of sp³-hybridized carbons (Fsp3) is 0.550. The third-order valence-electron chi connectivity index (χ3n) is 5.02. The third kappa shape index (κ3) is 5.60. The first kappa shape index (κ1) is 20.9. The second-order valence-corrected chi connectivity index (χ2v) is 6.93. The smallest absolute Gasteiger partial charge is 0.192 e. The quantitative estimate of drug-likeness (QED) is 0.511. The molecule has 0 saturated carbocycles. The molecular formula is C20H30N6O3. The van der Waals surface area contributed by atoms with Gasteiger partial charge in [0, 0.05) is 31.8 Å². The van der Waals surface area contributed by atoms with E-state index in [0.717, 1.165) is 48.2 Å². The maximum Gasteiger partial charge on any atom is 0.192 e. The Bertz CT molecular complexity index is 830. The van der Waals surface area contributed by atoms with Crippen molar-refractivity contribution in [2.75, 3.05) is 27.4 Å². The van der Waals surface area contributed by atoms with E-state index < -0.39 is 0 Å². The van der Waals surface area contributed by atoms with Crippen LogP contribution in [0.4, 0.5) is 0 Å². The second-order valence-electron chi connectivity index (χ2n) is 6.93. The Morgan fingerprint density at radius 3 is 2.79 bits per heavy atom. The van der Waals surface area contributed by atoms with Gasteiger partial charge in [0.15, 0.2) is 11.8 Å². The average molecular weight is 402 g/mol. The second kappa shape index (κ2) is 10.1. The van der Waals surface area contributed by atoms with Crippen molar-refractivity contribution < 1.29 is 14.2 Å². The van der Waals surface area contributed by atoms with Gasteiger partial charge in [-0.05, 0) is 31.9 Å². The molecule has 1 aliphatic heterocycles. The van der Waals surface area contributed by atoms with Crippen LogP contribution in [-0.2, 0) is 24.9 Å². The maximum atomic E-state index is 5.71. The van der Waals surface area contributed by atoms with Crippen molar-refractivity contribution in [3.63, 3.8) is 0 Å². The molecule has 3 rings (SSSR count). The summed E-state index contributed by atoms with van der Waals surface area (Å²) in [6.07, 6.45) is 2.39. The summed E-state index contributed by atoms with van der Waals surface area (Å²) >= 11 is 0. The van der Waals surface area contributed by atoms with Crippen molar-refractivity contribution in [1.82, 2.24) is 25.4 Å². The number of benzene rings is 1. The minimum Gasteiger partial charge on any atom is -0.497 e. The molecule has 1 unspecified atom stereocenters. The van der Waals surface area contributed by atoms with Crippen molar-refractivity contribution >= 4 is 5.96 Å². The lowest BCUT2D eigenvalue weighted by Crippen LogP contribution is -2.41. The zero-order chi connectivity index (χ0) is 20.6. The number of rotatable bonds is 8. The van der Waals surface area contributed by atoms with Crippen LogP contribution in [0, 0.1) is 6.92 Å². The van der Waals surface area contributed by atoms with E-state index in [1.54, 1.807) is 14.2 Å². The summed E-state index contributed by atoms with van der Waals surface area (Å²) in [6, 6.07) is 5.73. The summed E-state index contributed by atoms with van der Waals surface area (Å²) in [6.45, 7) is 4.45. The number of hydrogen-bond acceptors (Lipinski definition) is 6. The van der Waals surface area contributed by atoms with E-state index in [4.69, 9.17) is 19.2 Å². The van der Waals surface area contributed by atoms with Gasteiger partial charge in [-0.2, -0.15) is 0 Å². The van der Waals surface area contributed by atoms with Crippen LogP contribution in [0.1, 0.15) is 30.1 Å². The number of aryl methyl sites for hydroxylation is 1. The van der Waals surface area contributed by atoms with Gasteiger partial charge in [0.05, 0.1) is 33.4 Å². The van der Waals surface area contributed by atoms with Crippen LogP contribution in [0.5, 0.6) is 11.5 Å². The van der Waals surface area contributed by atoms with Crippen LogP contribution >= 0.6 is 0 Å². The Kier molecular flexibility index (Phi) is 7.29. The Balaban J connectivity index is 1.69. The molecular weight excluding hydrogens is 372 g/mol. The standard InChI is InChI=1S/C20H30N6O3/c1-14-24-25-19(26(14)2)13-23-20(22-12-17-6-5-9-29-17)21-11-15-7-8-16(27-3)10-18(15)28-4/h7-8,10,17H,5-6,9,11-13H2,1-4H3,(H2,21,22,23). The van der Waals surface area contributed by atoms with Crippen molar-refractivity contribution in [1.29, 1.82) is 0 Å². The Labute approximate surface area is 171 Å². The van der Waals surface area contributed by atoms with Crippen molar-refractivity contribution in [2.45, 2.75) is 39.0 Å². The number of ether oxygens (including phenoxy) is 3. The molecule has 9 heteroatoms. The highest BCUT2D eigenvalue weighted by Gasteiger charge is 2.16. The number of nitrogens with zero attached hydrogens (tertiary/aromatic N) is 4. The molecule has 29 heavy (non-hydrogen) atoms. The molecule has 0 spiro atoms. The van der Waals surface area contributed by atoms with Crippen LogP contribution < -0.4 is 20.1 Å². The fourth-order valence-corrected chi connectivity index (χ4v) is 3.10. The van der Waals surface area contributed by atoms with E-state index in [0.29, 0.717) is 25.6 Å². The van der Waals surface area contributed by atoms with Gasteiger partial charge in [0.1, 0.15) is 17.3 Å². The minimum absolute atomic E-state index is 0.217. The molecule has 9 nitrogen and oxygen atoms in total. The van der Waals surface area contributed by atoms with E-state index in [2.05, 4.69) is 20.8 Å². The lowest BCUT2D eigenvalue weighted by atomic mass is 10.2. The SMILES string of the molecule is COc1ccc(CN=C(NCc2nnc(C)n2C)NCC2CCCO2)c(OC)c1. The summed E-state index contributed by atoms with van der Waals surface area (Å²) in [4.78, 5) is 4.73. The minimum atomic E-state index is 0.217. The average Bonchev–Trinajstić information content (AvgIpc) is 3.38. The van der Waals surface area contributed by atoms with Gasteiger partial charge in [-0.15, -0.1) is 10.2 Å². The molecule has 0 radical (unpaired) electrons. The topological polar surface area (TPSA) is 94.8 Å². The summed E-state index contributed by atoms with van der Waals surface area (Å²) in [5, 5.41) is 15.0. The van der Waals surface area contributed by atoms with Crippen LogP contribution in [0.25, 0.3) is 0 Å². The van der Waals surface area contributed by atoms with E-state index in [9.17, 15) is 0 Å². The maximum absolute atomic E-state index is 5.71. The molecule has 0 amide bonds. The molecule has 1 saturated heterocycles. The molecule has 2 heterocycles. The van der Waals surface area contributed by atoms with Gasteiger partial charge in [-0.3, -0.25) is 0 Å². The van der Waals surface area contributed by atoms with Crippen LogP contribution in [0.15, 0.2) is 23.2 Å². The summed E-state index contributed by atoms with van der Waals surface area (Å²) < 4.78 is 18.4. The number of hydrogen-bond donors (Lipinski definition) is 2. The molecule has 1 atom stereocenters. The van der Waals surface area contributed by atoms with E-state index in [1.807, 2.05) is 36.7 Å². The first-order chi connectivity index (χ1) is 14.1. The highest BCUT2D eigenvalue weighted by molar-refractivity contribution is 5.79.